The van der Waals surface area contributed by atoms with Crippen LogP contribution in [0.2, 0.25) is 0 Å². The Kier molecular flexibility index (Phi) is 7.47. The van der Waals surface area contributed by atoms with Crippen LogP contribution in [-0.2, 0) is 9.53 Å². The molecule has 1 heterocycles. The Morgan fingerprint density at radius 2 is 1.90 bits per heavy atom. The zero-order chi connectivity index (χ0) is 14.9. The number of carbonyl (C=O) groups excluding carboxylic acids is 1. The summed E-state index contributed by atoms with van der Waals surface area (Å²) in [6.45, 7) is 3.36. The van der Waals surface area contributed by atoms with Gasteiger partial charge in [-0.2, -0.15) is 0 Å². The quantitative estimate of drug-likeness (QED) is 0.663. The molecule has 122 valence electrons. The Morgan fingerprint density at radius 3 is 2.62 bits per heavy atom. The van der Waals surface area contributed by atoms with E-state index in [0.717, 1.165) is 38.8 Å². The fraction of sp³-hybridized carbons (Fsp3) is 0.938. The summed E-state index contributed by atoms with van der Waals surface area (Å²) in [7, 11) is 0. The van der Waals surface area contributed by atoms with Crippen LogP contribution in [0.4, 0.5) is 0 Å². The lowest BCUT2D eigenvalue weighted by molar-refractivity contribution is -0.130. The van der Waals surface area contributed by atoms with Gasteiger partial charge in [-0.3, -0.25) is 4.79 Å². The van der Waals surface area contributed by atoms with Gasteiger partial charge >= 0.3 is 0 Å². The van der Waals surface area contributed by atoms with Crippen molar-refractivity contribution >= 4 is 5.91 Å². The molecule has 0 bridgehead atoms. The summed E-state index contributed by atoms with van der Waals surface area (Å²) < 4.78 is 5.74. The fourth-order valence-corrected chi connectivity index (χ4v) is 3.13. The van der Waals surface area contributed by atoms with Gasteiger partial charge in [-0.1, -0.05) is 19.3 Å². The first kappa shape index (κ1) is 16.7. The number of aliphatic hydroxyl groups excluding tert-OH is 1. The van der Waals surface area contributed by atoms with Crippen molar-refractivity contribution in [2.45, 2.75) is 63.6 Å². The number of amides is 1. The minimum atomic E-state index is -0.478. The summed E-state index contributed by atoms with van der Waals surface area (Å²) in [5.41, 5.74) is 0. The molecule has 2 fully saturated rings. The lowest BCUT2D eigenvalue weighted by atomic mass is 9.98. The van der Waals surface area contributed by atoms with Crippen LogP contribution in [0.5, 0.6) is 0 Å². The third kappa shape index (κ3) is 6.32. The first-order valence-corrected chi connectivity index (χ1v) is 8.54. The highest BCUT2D eigenvalue weighted by Crippen LogP contribution is 2.20. The zero-order valence-corrected chi connectivity index (χ0v) is 13.1. The summed E-state index contributed by atoms with van der Waals surface area (Å²) in [5, 5.41) is 13.0. The molecule has 1 saturated carbocycles. The Balaban J connectivity index is 1.46. The van der Waals surface area contributed by atoms with Crippen molar-refractivity contribution < 1.29 is 14.6 Å². The van der Waals surface area contributed by atoms with Gasteiger partial charge in [-0.15, -0.1) is 0 Å². The standard InChI is InChI=1S/C16H30N2O3/c19-14(13-21-15-6-2-1-3-7-15)12-17-9-8-16(20)18-10-4-5-11-18/h14-15,17,19H,1-13H2. The van der Waals surface area contributed by atoms with Crippen LogP contribution in [0.25, 0.3) is 0 Å². The molecule has 1 aliphatic carbocycles. The minimum absolute atomic E-state index is 0.230. The summed E-state index contributed by atoms with van der Waals surface area (Å²) in [4.78, 5) is 13.8. The van der Waals surface area contributed by atoms with Gasteiger partial charge in [0.2, 0.25) is 5.91 Å². The van der Waals surface area contributed by atoms with Crippen LogP contribution in [0, 0.1) is 0 Å². The van der Waals surface area contributed by atoms with E-state index in [9.17, 15) is 9.90 Å². The van der Waals surface area contributed by atoms with E-state index in [4.69, 9.17) is 4.74 Å². The predicted octanol–water partition coefficient (Wildman–Crippen LogP) is 1.30. The van der Waals surface area contributed by atoms with E-state index in [1.165, 1.54) is 19.3 Å². The molecule has 21 heavy (non-hydrogen) atoms. The number of ether oxygens (including phenoxy) is 1. The monoisotopic (exact) mass is 298 g/mol. The van der Waals surface area contributed by atoms with Gasteiger partial charge < -0.3 is 20.1 Å². The normalized spacial score (nSPS) is 21.7. The van der Waals surface area contributed by atoms with Gasteiger partial charge in [0.05, 0.1) is 18.8 Å². The number of hydrogen-bond acceptors (Lipinski definition) is 4. The molecule has 0 radical (unpaired) electrons. The molecule has 1 aliphatic heterocycles. The van der Waals surface area contributed by atoms with Gasteiger partial charge in [0, 0.05) is 32.6 Å². The molecule has 0 spiro atoms. The molecule has 2 aliphatic rings. The van der Waals surface area contributed by atoms with Crippen LogP contribution in [0.3, 0.4) is 0 Å². The fourth-order valence-electron chi connectivity index (χ4n) is 3.13. The van der Waals surface area contributed by atoms with Crippen molar-refractivity contribution in [1.29, 1.82) is 0 Å². The number of nitrogens with one attached hydrogen (secondary N) is 1. The Morgan fingerprint density at radius 1 is 1.19 bits per heavy atom. The SMILES string of the molecule is O=C(CCNCC(O)COC1CCCCC1)N1CCCC1. The highest BCUT2D eigenvalue weighted by atomic mass is 16.5. The lowest BCUT2D eigenvalue weighted by Gasteiger charge is -2.23. The molecule has 0 aromatic heterocycles. The molecule has 1 amide bonds. The molecule has 5 nitrogen and oxygen atoms in total. The number of aliphatic hydroxyl groups is 1. The molecule has 1 unspecified atom stereocenters. The van der Waals surface area contributed by atoms with Crippen molar-refractivity contribution in [3.63, 3.8) is 0 Å². The zero-order valence-electron chi connectivity index (χ0n) is 13.1. The maximum absolute atomic E-state index is 11.8. The highest BCUT2D eigenvalue weighted by Gasteiger charge is 2.18. The largest absolute Gasteiger partial charge is 0.389 e. The van der Waals surface area contributed by atoms with Crippen molar-refractivity contribution in [3.8, 4) is 0 Å². The Labute approximate surface area is 128 Å². The molecule has 2 rings (SSSR count). The van der Waals surface area contributed by atoms with Gasteiger partial charge in [0.1, 0.15) is 0 Å². The number of carbonyl (C=O) groups is 1. The average molecular weight is 298 g/mol. The molecular weight excluding hydrogens is 268 g/mol. The second-order valence-corrected chi connectivity index (χ2v) is 6.29. The number of hydrogen-bond donors (Lipinski definition) is 2. The lowest BCUT2D eigenvalue weighted by Crippen LogP contribution is -2.35. The third-order valence-electron chi connectivity index (χ3n) is 4.43. The highest BCUT2D eigenvalue weighted by molar-refractivity contribution is 5.76. The first-order chi connectivity index (χ1) is 10.3. The van der Waals surface area contributed by atoms with E-state index >= 15 is 0 Å². The van der Waals surface area contributed by atoms with E-state index in [1.54, 1.807) is 0 Å². The van der Waals surface area contributed by atoms with E-state index < -0.39 is 6.10 Å². The Bertz CT molecular complexity index is 300. The van der Waals surface area contributed by atoms with Gasteiger partial charge in [0.15, 0.2) is 0 Å². The van der Waals surface area contributed by atoms with E-state index in [2.05, 4.69) is 5.32 Å². The topological polar surface area (TPSA) is 61.8 Å². The maximum Gasteiger partial charge on any atom is 0.223 e. The second-order valence-electron chi connectivity index (χ2n) is 6.29. The summed E-state index contributed by atoms with van der Waals surface area (Å²) in [6.07, 6.45) is 8.72. The van der Waals surface area contributed by atoms with Gasteiger partial charge in [0.25, 0.3) is 0 Å². The van der Waals surface area contributed by atoms with Crippen molar-refractivity contribution in [2.75, 3.05) is 32.8 Å². The van der Waals surface area contributed by atoms with E-state index in [0.29, 0.717) is 32.2 Å². The number of likely N-dealkylation sites (tertiary alicyclic amines) is 1. The first-order valence-electron chi connectivity index (χ1n) is 8.54. The van der Waals surface area contributed by atoms with Crippen molar-refractivity contribution in [1.82, 2.24) is 10.2 Å². The minimum Gasteiger partial charge on any atom is -0.389 e. The van der Waals surface area contributed by atoms with Crippen LogP contribution in [-0.4, -0.2) is 60.9 Å². The second kappa shape index (κ2) is 9.38. The number of rotatable bonds is 8. The van der Waals surface area contributed by atoms with Crippen LogP contribution in [0.15, 0.2) is 0 Å². The summed E-state index contributed by atoms with van der Waals surface area (Å²) >= 11 is 0. The molecule has 0 aromatic rings. The summed E-state index contributed by atoms with van der Waals surface area (Å²) in [6, 6.07) is 0. The van der Waals surface area contributed by atoms with E-state index in [-0.39, 0.29) is 5.91 Å². The van der Waals surface area contributed by atoms with Crippen molar-refractivity contribution in [3.05, 3.63) is 0 Å². The average Bonchev–Trinajstić information content (AvgIpc) is 3.05. The molecule has 0 aromatic carbocycles. The van der Waals surface area contributed by atoms with Gasteiger partial charge in [-0.05, 0) is 25.7 Å². The van der Waals surface area contributed by atoms with Crippen LogP contribution < -0.4 is 5.32 Å². The number of nitrogens with zero attached hydrogens (tertiary/aromatic N) is 1. The predicted molar refractivity (Wildman–Crippen MR) is 82.1 cm³/mol. The third-order valence-corrected chi connectivity index (χ3v) is 4.43. The molecular formula is C16H30N2O3. The van der Waals surface area contributed by atoms with Gasteiger partial charge in [-0.25, -0.2) is 0 Å². The molecule has 1 atom stereocenters. The van der Waals surface area contributed by atoms with Crippen LogP contribution >= 0.6 is 0 Å². The maximum atomic E-state index is 11.8. The molecule has 2 N–H and O–H groups in total. The van der Waals surface area contributed by atoms with Crippen molar-refractivity contribution in [2.24, 2.45) is 0 Å². The molecule has 1 saturated heterocycles. The van der Waals surface area contributed by atoms with Crippen LogP contribution in [0.1, 0.15) is 51.4 Å². The van der Waals surface area contributed by atoms with E-state index in [1.807, 2.05) is 4.90 Å². The molecule has 5 heteroatoms. The Hall–Kier alpha value is -0.650. The summed E-state index contributed by atoms with van der Waals surface area (Å²) in [5.74, 6) is 0.230. The smallest absolute Gasteiger partial charge is 0.223 e.